The van der Waals surface area contributed by atoms with Crippen molar-refractivity contribution in [2.45, 2.75) is 32.7 Å². The molecule has 3 amide bonds. The number of carbonyl (C=O) groups is 3. The standard InChI is InChI=1S/C26H26ClN3O5S/c1-4-15-12-30(26(33)34)13-20-21(15)22(24(32)28-18-11-17(27)9-10-19(18)35-3)25(36-20)29-23(31)16-7-5-14(2)6-8-16/h5-11,15H,4,12-13H2,1-3H3,(H,28,32)(H,29,31)(H,33,34). The fraction of sp³-hybridized carbons (Fsp3) is 0.269. The molecule has 1 aliphatic rings. The number of anilines is 2. The summed E-state index contributed by atoms with van der Waals surface area (Å²) in [6.07, 6.45) is -0.396. The van der Waals surface area contributed by atoms with Crippen LogP contribution in [0.3, 0.4) is 0 Å². The molecule has 0 bridgehead atoms. The molecule has 188 valence electrons. The predicted octanol–water partition coefficient (Wildman–Crippen LogP) is 6.21. The molecular formula is C26H26ClN3O5S. The fourth-order valence-electron chi connectivity index (χ4n) is 4.27. The molecule has 8 nitrogen and oxygen atoms in total. The maximum absolute atomic E-state index is 13.7. The second kappa shape index (κ2) is 10.6. The zero-order valence-electron chi connectivity index (χ0n) is 20.1. The third-order valence-electron chi connectivity index (χ3n) is 6.15. The van der Waals surface area contributed by atoms with E-state index in [1.165, 1.54) is 23.3 Å². The van der Waals surface area contributed by atoms with Gasteiger partial charge in [-0.25, -0.2) is 4.79 Å². The third kappa shape index (κ3) is 5.17. The van der Waals surface area contributed by atoms with Crippen LogP contribution in [0.2, 0.25) is 5.02 Å². The van der Waals surface area contributed by atoms with E-state index in [-0.39, 0.29) is 24.9 Å². The molecular weight excluding hydrogens is 502 g/mol. The second-order valence-electron chi connectivity index (χ2n) is 8.53. The van der Waals surface area contributed by atoms with Crippen LogP contribution >= 0.6 is 22.9 Å². The highest BCUT2D eigenvalue weighted by Crippen LogP contribution is 2.44. The summed E-state index contributed by atoms with van der Waals surface area (Å²) >= 11 is 7.37. The lowest BCUT2D eigenvalue weighted by Crippen LogP contribution is -2.37. The quantitative estimate of drug-likeness (QED) is 0.353. The Bertz CT molecular complexity index is 1320. The molecule has 1 aliphatic heterocycles. The SMILES string of the molecule is CCC1CN(C(=O)O)Cc2sc(NC(=O)c3ccc(C)cc3)c(C(=O)Nc3cc(Cl)ccc3OC)c21. The van der Waals surface area contributed by atoms with Crippen molar-refractivity contribution in [3.8, 4) is 5.75 Å². The Labute approximate surface area is 217 Å². The normalized spacial score (nSPS) is 14.7. The Morgan fingerprint density at radius 3 is 2.50 bits per heavy atom. The average molecular weight is 528 g/mol. The van der Waals surface area contributed by atoms with E-state index in [1.54, 1.807) is 30.3 Å². The van der Waals surface area contributed by atoms with Gasteiger partial charge in [-0.2, -0.15) is 0 Å². The van der Waals surface area contributed by atoms with E-state index in [4.69, 9.17) is 16.3 Å². The van der Waals surface area contributed by atoms with Crippen molar-refractivity contribution < 1.29 is 24.2 Å². The molecule has 0 fully saturated rings. The van der Waals surface area contributed by atoms with Crippen LogP contribution in [0.25, 0.3) is 0 Å². The minimum atomic E-state index is -1.02. The van der Waals surface area contributed by atoms with Gasteiger partial charge in [0.1, 0.15) is 10.8 Å². The van der Waals surface area contributed by atoms with Crippen LogP contribution in [-0.4, -0.2) is 41.6 Å². The Kier molecular flexibility index (Phi) is 7.51. The number of ether oxygens (including phenoxy) is 1. The minimum Gasteiger partial charge on any atom is -0.495 e. The molecule has 0 spiro atoms. The molecule has 1 atom stereocenters. The first-order valence-corrected chi connectivity index (χ1v) is 12.6. The van der Waals surface area contributed by atoms with Gasteiger partial charge in [-0.05, 0) is 49.2 Å². The number of hydrogen-bond donors (Lipinski definition) is 3. The van der Waals surface area contributed by atoms with Gasteiger partial charge in [0.25, 0.3) is 11.8 Å². The molecule has 4 rings (SSSR count). The smallest absolute Gasteiger partial charge is 0.407 e. The van der Waals surface area contributed by atoms with Crippen LogP contribution in [0.5, 0.6) is 5.75 Å². The van der Waals surface area contributed by atoms with Crippen LogP contribution < -0.4 is 15.4 Å². The Hall–Kier alpha value is -3.56. The third-order valence-corrected chi connectivity index (χ3v) is 7.49. The number of carbonyl (C=O) groups excluding carboxylic acids is 2. The lowest BCUT2D eigenvalue weighted by atomic mass is 9.89. The summed E-state index contributed by atoms with van der Waals surface area (Å²) in [7, 11) is 1.49. The van der Waals surface area contributed by atoms with Gasteiger partial charge in [0.2, 0.25) is 0 Å². The fourth-order valence-corrected chi connectivity index (χ4v) is 5.74. The molecule has 0 saturated carbocycles. The van der Waals surface area contributed by atoms with Gasteiger partial charge in [-0.3, -0.25) is 9.59 Å². The second-order valence-corrected chi connectivity index (χ2v) is 10.1. The number of amides is 3. The largest absolute Gasteiger partial charge is 0.495 e. The molecule has 2 aromatic carbocycles. The first-order valence-electron chi connectivity index (χ1n) is 11.4. The molecule has 36 heavy (non-hydrogen) atoms. The van der Waals surface area contributed by atoms with Gasteiger partial charge >= 0.3 is 6.09 Å². The van der Waals surface area contributed by atoms with Crippen molar-refractivity contribution in [2.24, 2.45) is 0 Å². The number of nitrogens with one attached hydrogen (secondary N) is 2. The lowest BCUT2D eigenvalue weighted by molar-refractivity contribution is 0.102. The van der Waals surface area contributed by atoms with Gasteiger partial charge < -0.3 is 25.4 Å². The number of halogens is 1. The van der Waals surface area contributed by atoms with Gasteiger partial charge in [-0.15, -0.1) is 11.3 Å². The lowest BCUT2D eigenvalue weighted by Gasteiger charge is -2.31. The number of rotatable bonds is 6. The van der Waals surface area contributed by atoms with Crippen molar-refractivity contribution in [2.75, 3.05) is 24.3 Å². The van der Waals surface area contributed by atoms with Crippen LogP contribution in [0, 0.1) is 6.92 Å². The number of methoxy groups -OCH3 is 1. The number of benzene rings is 2. The van der Waals surface area contributed by atoms with E-state index in [1.807, 2.05) is 26.0 Å². The topological polar surface area (TPSA) is 108 Å². The van der Waals surface area contributed by atoms with Crippen molar-refractivity contribution in [1.29, 1.82) is 0 Å². The van der Waals surface area contributed by atoms with Crippen LogP contribution in [0.1, 0.15) is 56.0 Å². The highest BCUT2D eigenvalue weighted by atomic mass is 35.5. The molecule has 3 N–H and O–H groups in total. The molecule has 2 heterocycles. The number of thiophene rings is 1. The summed E-state index contributed by atoms with van der Waals surface area (Å²) in [4.78, 5) is 40.6. The first kappa shape index (κ1) is 25.5. The van der Waals surface area contributed by atoms with Crippen LogP contribution in [0.15, 0.2) is 42.5 Å². The van der Waals surface area contributed by atoms with Crippen molar-refractivity contribution in [1.82, 2.24) is 4.90 Å². The molecule has 10 heteroatoms. The average Bonchev–Trinajstić information content (AvgIpc) is 3.21. The number of nitrogens with zero attached hydrogens (tertiary/aromatic N) is 1. The van der Waals surface area contributed by atoms with E-state index in [0.717, 1.165) is 16.0 Å². The number of hydrogen-bond acceptors (Lipinski definition) is 5. The highest BCUT2D eigenvalue weighted by molar-refractivity contribution is 7.17. The van der Waals surface area contributed by atoms with Gasteiger partial charge in [0.05, 0.1) is 24.9 Å². The summed E-state index contributed by atoms with van der Waals surface area (Å²) < 4.78 is 5.36. The van der Waals surface area contributed by atoms with Crippen LogP contribution in [-0.2, 0) is 6.54 Å². The van der Waals surface area contributed by atoms with E-state index < -0.39 is 12.0 Å². The summed E-state index contributed by atoms with van der Waals surface area (Å²) in [6.45, 7) is 4.29. The highest BCUT2D eigenvalue weighted by Gasteiger charge is 2.35. The van der Waals surface area contributed by atoms with E-state index in [2.05, 4.69) is 10.6 Å². The molecule has 3 aromatic rings. The minimum absolute atomic E-state index is 0.146. The Morgan fingerprint density at radius 1 is 1.14 bits per heavy atom. The van der Waals surface area contributed by atoms with Crippen LogP contribution in [0.4, 0.5) is 15.5 Å². The van der Waals surface area contributed by atoms with Gasteiger partial charge in [-0.1, -0.05) is 36.2 Å². The number of carboxylic acid groups (broad SMARTS) is 1. The predicted molar refractivity (Wildman–Crippen MR) is 141 cm³/mol. The molecule has 1 unspecified atom stereocenters. The number of fused-ring (bicyclic) bond motifs is 1. The maximum Gasteiger partial charge on any atom is 0.407 e. The molecule has 1 aromatic heterocycles. The molecule has 0 aliphatic carbocycles. The van der Waals surface area contributed by atoms with E-state index in [0.29, 0.717) is 39.0 Å². The van der Waals surface area contributed by atoms with E-state index >= 15 is 0 Å². The summed E-state index contributed by atoms with van der Waals surface area (Å²) in [5.74, 6) is -0.556. The molecule has 0 saturated heterocycles. The van der Waals surface area contributed by atoms with Crippen molar-refractivity contribution in [3.63, 3.8) is 0 Å². The summed E-state index contributed by atoms with van der Waals surface area (Å²) in [6, 6.07) is 12.0. The van der Waals surface area contributed by atoms with Crippen molar-refractivity contribution in [3.05, 3.63) is 74.6 Å². The summed E-state index contributed by atoms with van der Waals surface area (Å²) in [5, 5.41) is 16.2. The summed E-state index contributed by atoms with van der Waals surface area (Å²) in [5.41, 5.74) is 2.95. The van der Waals surface area contributed by atoms with Gasteiger partial charge in [0.15, 0.2) is 0 Å². The zero-order chi connectivity index (χ0) is 26.0. The van der Waals surface area contributed by atoms with Crippen molar-refractivity contribution >= 4 is 51.5 Å². The maximum atomic E-state index is 13.7. The Balaban J connectivity index is 1.77. The van der Waals surface area contributed by atoms with E-state index in [9.17, 15) is 19.5 Å². The van der Waals surface area contributed by atoms with Gasteiger partial charge in [0, 0.05) is 27.9 Å². The first-order chi connectivity index (χ1) is 17.2. The molecule has 0 radical (unpaired) electrons. The monoisotopic (exact) mass is 527 g/mol. The number of aryl methyl sites for hydroxylation is 1. The Morgan fingerprint density at radius 2 is 1.86 bits per heavy atom. The zero-order valence-corrected chi connectivity index (χ0v) is 21.6.